The van der Waals surface area contributed by atoms with E-state index in [2.05, 4.69) is 5.32 Å². The summed E-state index contributed by atoms with van der Waals surface area (Å²) in [6.07, 6.45) is -0.738. The van der Waals surface area contributed by atoms with Gasteiger partial charge in [-0.1, -0.05) is 23.7 Å². The minimum atomic E-state index is -0.738. The number of para-hydroxylation sites is 2. The molecule has 1 unspecified atom stereocenters. The van der Waals surface area contributed by atoms with Crippen molar-refractivity contribution in [2.45, 2.75) is 13.0 Å². The van der Waals surface area contributed by atoms with Crippen molar-refractivity contribution in [3.63, 3.8) is 0 Å². The van der Waals surface area contributed by atoms with Crippen molar-refractivity contribution in [2.75, 3.05) is 12.4 Å². The van der Waals surface area contributed by atoms with Crippen LogP contribution in [-0.2, 0) is 4.79 Å². The zero-order chi connectivity index (χ0) is 20.8. The van der Waals surface area contributed by atoms with E-state index in [0.29, 0.717) is 33.3 Å². The second-order valence-corrected chi connectivity index (χ2v) is 6.75. The molecular weight excluding hydrogens is 390 g/mol. The van der Waals surface area contributed by atoms with E-state index in [1.54, 1.807) is 73.7 Å². The van der Waals surface area contributed by atoms with Crippen LogP contribution in [-0.4, -0.2) is 24.9 Å². The number of anilines is 1. The maximum absolute atomic E-state index is 12.5. The molecule has 0 bridgehead atoms. The fourth-order valence-corrected chi connectivity index (χ4v) is 2.82. The molecule has 0 saturated carbocycles. The molecule has 29 heavy (non-hydrogen) atoms. The molecule has 0 aliphatic heterocycles. The second kappa shape index (κ2) is 9.26. The highest BCUT2D eigenvalue weighted by Crippen LogP contribution is 2.24. The molecule has 0 fully saturated rings. The first kappa shape index (κ1) is 20.4. The Morgan fingerprint density at radius 1 is 0.897 bits per heavy atom. The van der Waals surface area contributed by atoms with E-state index in [4.69, 9.17) is 21.1 Å². The van der Waals surface area contributed by atoms with Crippen LogP contribution in [0.25, 0.3) is 0 Å². The van der Waals surface area contributed by atoms with E-state index in [1.807, 2.05) is 6.07 Å². The summed E-state index contributed by atoms with van der Waals surface area (Å²) >= 11 is 5.86. The molecule has 1 N–H and O–H groups in total. The summed E-state index contributed by atoms with van der Waals surface area (Å²) < 4.78 is 10.9. The number of ether oxygens (including phenoxy) is 2. The van der Waals surface area contributed by atoms with Gasteiger partial charge in [0.1, 0.15) is 11.5 Å². The highest BCUT2D eigenvalue weighted by atomic mass is 35.5. The van der Waals surface area contributed by atoms with Gasteiger partial charge in [0.2, 0.25) is 0 Å². The molecule has 0 aromatic heterocycles. The summed E-state index contributed by atoms with van der Waals surface area (Å²) in [5.41, 5.74) is 1.64. The predicted molar refractivity (Wildman–Crippen MR) is 113 cm³/mol. The van der Waals surface area contributed by atoms with Gasteiger partial charge in [0.05, 0.1) is 12.8 Å². The van der Waals surface area contributed by atoms with Crippen molar-refractivity contribution < 1.29 is 19.1 Å². The topological polar surface area (TPSA) is 64.6 Å². The summed E-state index contributed by atoms with van der Waals surface area (Å²) in [5.74, 6) is 0.629. The van der Waals surface area contributed by atoms with Gasteiger partial charge in [-0.05, 0) is 67.6 Å². The van der Waals surface area contributed by atoms with Crippen LogP contribution < -0.4 is 14.8 Å². The van der Waals surface area contributed by atoms with Gasteiger partial charge in [-0.15, -0.1) is 0 Å². The van der Waals surface area contributed by atoms with Gasteiger partial charge in [-0.3, -0.25) is 9.59 Å². The van der Waals surface area contributed by atoms with Crippen molar-refractivity contribution in [1.29, 1.82) is 0 Å². The van der Waals surface area contributed by atoms with Crippen molar-refractivity contribution in [3.8, 4) is 11.5 Å². The van der Waals surface area contributed by atoms with E-state index in [0.717, 1.165) is 0 Å². The predicted octanol–water partition coefficient (Wildman–Crippen LogP) is 4.99. The number of halogens is 1. The molecule has 0 saturated heterocycles. The molecule has 1 atom stereocenters. The van der Waals surface area contributed by atoms with Crippen LogP contribution in [0.4, 0.5) is 5.69 Å². The lowest BCUT2D eigenvalue weighted by atomic mass is 10.0. The van der Waals surface area contributed by atoms with E-state index in [-0.39, 0.29) is 11.7 Å². The molecule has 0 aliphatic carbocycles. The monoisotopic (exact) mass is 409 g/mol. The number of hydrogen-bond acceptors (Lipinski definition) is 4. The Kier molecular flexibility index (Phi) is 6.52. The van der Waals surface area contributed by atoms with Crippen LogP contribution in [0, 0.1) is 0 Å². The quantitative estimate of drug-likeness (QED) is 0.558. The number of carbonyl (C=O) groups excluding carboxylic acids is 2. The van der Waals surface area contributed by atoms with E-state index < -0.39 is 6.10 Å². The molecule has 0 aliphatic rings. The highest BCUT2D eigenvalue weighted by Gasteiger charge is 2.17. The number of methoxy groups -OCH3 is 1. The summed E-state index contributed by atoms with van der Waals surface area (Å²) in [6, 6.07) is 20.5. The normalized spacial score (nSPS) is 11.4. The Morgan fingerprint density at radius 2 is 1.48 bits per heavy atom. The fourth-order valence-electron chi connectivity index (χ4n) is 2.69. The van der Waals surface area contributed by atoms with Crippen molar-refractivity contribution in [1.82, 2.24) is 0 Å². The van der Waals surface area contributed by atoms with Crippen LogP contribution in [0.2, 0.25) is 5.02 Å². The van der Waals surface area contributed by atoms with Crippen LogP contribution >= 0.6 is 11.6 Å². The van der Waals surface area contributed by atoms with Gasteiger partial charge >= 0.3 is 0 Å². The first-order valence-electron chi connectivity index (χ1n) is 8.99. The molecule has 6 heteroatoms. The zero-order valence-corrected chi connectivity index (χ0v) is 16.8. The molecule has 3 rings (SSSR count). The number of benzene rings is 3. The molecule has 0 radical (unpaired) electrons. The zero-order valence-electron chi connectivity index (χ0n) is 16.0. The molecule has 0 spiro atoms. The molecule has 3 aromatic carbocycles. The van der Waals surface area contributed by atoms with Gasteiger partial charge in [0.15, 0.2) is 11.9 Å². The smallest absolute Gasteiger partial charge is 0.265 e. The third kappa shape index (κ3) is 5.15. The van der Waals surface area contributed by atoms with Crippen molar-refractivity contribution in [3.05, 3.63) is 88.9 Å². The fraction of sp³-hybridized carbons (Fsp3) is 0.130. The number of rotatable bonds is 7. The van der Waals surface area contributed by atoms with Crippen LogP contribution in [0.15, 0.2) is 72.8 Å². The number of ketones is 1. The Balaban J connectivity index is 1.63. The molecular formula is C23H20ClNO4. The SMILES string of the molecule is COc1ccccc1NC(=O)C(C)Oc1ccc(C(=O)c2ccc(Cl)cc2)cc1. The number of hydrogen-bond donors (Lipinski definition) is 1. The van der Waals surface area contributed by atoms with Gasteiger partial charge in [0, 0.05) is 16.1 Å². The van der Waals surface area contributed by atoms with Crippen molar-refractivity contribution >= 4 is 29.0 Å². The molecule has 148 valence electrons. The average Bonchev–Trinajstić information content (AvgIpc) is 2.74. The Morgan fingerprint density at radius 3 is 2.10 bits per heavy atom. The van der Waals surface area contributed by atoms with Gasteiger partial charge in [-0.25, -0.2) is 0 Å². The Hall–Kier alpha value is -3.31. The minimum absolute atomic E-state index is 0.116. The summed E-state index contributed by atoms with van der Waals surface area (Å²) in [5, 5.41) is 3.36. The third-order valence-corrected chi connectivity index (χ3v) is 4.52. The largest absolute Gasteiger partial charge is 0.495 e. The molecule has 5 nitrogen and oxygen atoms in total. The van der Waals surface area contributed by atoms with Crippen LogP contribution in [0.1, 0.15) is 22.8 Å². The highest BCUT2D eigenvalue weighted by molar-refractivity contribution is 6.30. The third-order valence-electron chi connectivity index (χ3n) is 4.27. The van der Waals surface area contributed by atoms with Gasteiger partial charge < -0.3 is 14.8 Å². The minimum Gasteiger partial charge on any atom is -0.495 e. The lowest BCUT2D eigenvalue weighted by Crippen LogP contribution is -2.30. The number of amides is 1. The standard InChI is InChI=1S/C23H20ClNO4/c1-15(23(27)25-20-5-3-4-6-21(20)28-2)29-19-13-9-17(10-14-19)22(26)16-7-11-18(24)12-8-16/h3-15H,1-2H3,(H,25,27). The van der Waals surface area contributed by atoms with E-state index >= 15 is 0 Å². The van der Waals surface area contributed by atoms with Crippen LogP contribution in [0.3, 0.4) is 0 Å². The summed E-state index contributed by atoms with van der Waals surface area (Å²) in [7, 11) is 1.54. The lowest BCUT2D eigenvalue weighted by molar-refractivity contribution is -0.122. The van der Waals surface area contributed by atoms with E-state index in [9.17, 15) is 9.59 Å². The second-order valence-electron chi connectivity index (χ2n) is 6.31. The lowest BCUT2D eigenvalue weighted by Gasteiger charge is -2.16. The first-order chi connectivity index (χ1) is 14.0. The van der Waals surface area contributed by atoms with E-state index in [1.165, 1.54) is 7.11 Å². The summed E-state index contributed by atoms with van der Waals surface area (Å²) in [4.78, 5) is 24.9. The van der Waals surface area contributed by atoms with Gasteiger partial charge in [-0.2, -0.15) is 0 Å². The Bertz CT molecular complexity index is 1000. The first-order valence-corrected chi connectivity index (χ1v) is 9.36. The van der Waals surface area contributed by atoms with Crippen LogP contribution in [0.5, 0.6) is 11.5 Å². The molecule has 0 heterocycles. The molecule has 1 amide bonds. The van der Waals surface area contributed by atoms with Crippen molar-refractivity contribution in [2.24, 2.45) is 0 Å². The number of nitrogens with one attached hydrogen (secondary N) is 1. The average molecular weight is 410 g/mol. The maximum Gasteiger partial charge on any atom is 0.265 e. The molecule has 3 aromatic rings. The van der Waals surface area contributed by atoms with Gasteiger partial charge in [0.25, 0.3) is 5.91 Å². The maximum atomic E-state index is 12.5. The number of carbonyl (C=O) groups is 2. The Labute approximate surface area is 174 Å². The summed E-state index contributed by atoms with van der Waals surface area (Å²) in [6.45, 7) is 1.65.